The van der Waals surface area contributed by atoms with Gasteiger partial charge in [0.25, 0.3) is 0 Å². The van der Waals surface area contributed by atoms with Gasteiger partial charge in [-0.15, -0.1) is 0 Å². The summed E-state index contributed by atoms with van der Waals surface area (Å²) in [7, 11) is 1.42. The van der Waals surface area contributed by atoms with E-state index in [-0.39, 0.29) is 10.3 Å². The third-order valence-electron chi connectivity index (χ3n) is 2.33. The number of nitrogens with one attached hydrogen (secondary N) is 1. The van der Waals surface area contributed by atoms with Crippen molar-refractivity contribution in [3.8, 4) is 5.75 Å². The third kappa shape index (κ3) is 1.99. The molecule has 0 bridgehead atoms. The minimum atomic E-state index is -4.98. The average Bonchev–Trinajstić information content (AvgIpc) is 2.61. The lowest BCUT2D eigenvalue weighted by Gasteiger charge is -2.06. The summed E-state index contributed by atoms with van der Waals surface area (Å²) in [5.41, 5.74) is 0.361. The summed E-state index contributed by atoms with van der Waals surface area (Å²) in [5, 5.41) is 0. The van der Waals surface area contributed by atoms with E-state index in [0.717, 1.165) is 0 Å². The van der Waals surface area contributed by atoms with Crippen molar-refractivity contribution in [2.75, 3.05) is 7.11 Å². The molecule has 1 N–H and O–H groups in total. The highest BCUT2D eigenvalue weighted by atomic mass is 32.1. The second-order valence-corrected chi connectivity index (χ2v) is 3.84. The van der Waals surface area contributed by atoms with Crippen LogP contribution in [-0.4, -0.2) is 28.7 Å². The van der Waals surface area contributed by atoms with Crippen LogP contribution in [0.4, 0.5) is 13.2 Å². The number of H-pyrrole nitrogens is 1. The summed E-state index contributed by atoms with van der Waals surface area (Å²) in [6.45, 7) is 0. The van der Waals surface area contributed by atoms with Gasteiger partial charge in [-0.3, -0.25) is 4.79 Å². The van der Waals surface area contributed by atoms with E-state index < -0.39 is 12.1 Å². The lowest BCUT2D eigenvalue weighted by molar-refractivity contribution is -0.0944. The Morgan fingerprint density at radius 2 is 2.11 bits per heavy atom. The molecule has 2 rings (SSSR count). The third-order valence-corrected chi connectivity index (χ3v) is 2.62. The molecule has 18 heavy (non-hydrogen) atoms. The first kappa shape index (κ1) is 12.6. The van der Waals surface area contributed by atoms with Crippen LogP contribution in [0.1, 0.15) is 4.79 Å². The Kier molecular flexibility index (Phi) is 2.89. The monoisotopic (exact) mass is 276 g/mol. The number of imidazole rings is 1. The first-order valence-corrected chi connectivity index (χ1v) is 5.15. The Morgan fingerprint density at radius 3 is 2.67 bits per heavy atom. The number of fused-ring (bicyclic) bond motifs is 1. The number of hydrogen-bond acceptors (Lipinski definition) is 3. The molecule has 1 aromatic heterocycles. The van der Waals surface area contributed by atoms with Gasteiger partial charge >= 0.3 is 12.1 Å². The highest BCUT2D eigenvalue weighted by molar-refractivity contribution is 7.71. The van der Waals surface area contributed by atoms with Crippen LogP contribution in [0.5, 0.6) is 5.75 Å². The number of aromatic amines is 1. The number of carbonyl (C=O) groups is 1. The molecule has 0 aliphatic heterocycles. The predicted molar refractivity (Wildman–Crippen MR) is 60.4 cm³/mol. The van der Waals surface area contributed by atoms with Gasteiger partial charge in [-0.25, -0.2) is 4.57 Å². The maximum atomic E-state index is 12.4. The van der Waals surface area contributed by atoms with Gasteiger partial charge in [-0.05, 0) is 24.4 Å². The molecule has 0 aliphatic rings. The van der Waals surface area contributed by atoms with E-state index in [9.17, 15) is 18.0 Å². The molecule has 0 radical (unpaired) electrons. The molecule has 8 heteroatoms. The molecule has 0 spiro atoms. The fourth-order valence-electron chi connectivity index (χ4n) is 1.55. The molecule has 0 unspecified atom stereocenters. The molecular weight excluding hydrogens is 269 g/mol. The van der Waals surface area contributed by atoms with Crippen LogP contribution >= 0.6 is 12.2 Å². The highest BCUT2D eigenvalue weighted by Crippen LogP contribution is 2.24. The van der Waals surface area contributed by atoms with Gasteiger partial charge in [-0.1, -0.05) is 0 Å². The van der Waals surface area contributed by atoms with Crippen molar-refractivity contribution in [1.82, 2.24) is 9.55 Å². The molecule has 0 saturated heterocycles. The van der Waals surface area contributed by atoms with Gasteiger partial charge in [0.15, 0.2) is 4.77 Å². The summed E-state index contributed by atoms with van der Waals surface area (Å²) < 4.78 is 42.3. The van der Waals surface area contributed by atoms with Crippen molar-refractivity contribution in [1.29, 1.82) is 0 Å². The van der Waals surface area contributed by atoms with E-state index in [1.54, 1.807) is 0 Å². The average molecular weight is 276 g/mol. The number of hydrogen-bond donors (Lipinski definition) is 1. The zero-order chi connectivity index (χ0) is 13.5. The Morgan fingerprint density at radius 1 is 1.44 bits per heavy atom. The molecule has 4 nitrogen and oxygen atoms in total. The molecule has 0 amide bonds. The van der Waals surface area contributed by atoms with Crippen LogP contribution in [-0.2, 0) is 0 Å². The van der Waals surface area contributed by atoms with Crippen LogP contribution in [0.2, 0.25) is 0 Å². The largest absolute Gasteiger partial charge is 0.497 e. The van der Waals surface area contributed by atoms with Gasteiger partial charge in [0.1, 0.15) is 5.75 Å². The lowest BCUT2D eigenvalue weighted by atomic mass is 10.3. The van der Waals surface area contributed by atoms with Crippen LogP contribution in [0.15, 0.2) is 18.2 Å². The summed E-state index contributed by atoms with van der Waals surface area (Å²) in [6, 6.07) is 4.25. The van der Waals surface area contributed by atoms with Crippen molar-refractivity contribution in [3.63, 3.8) is 0 Å². The van der Waals surface area contributed by atoms with E-state index in [0.29, 0.717) is 15.8 Å². The number of benzene rings is 1. The van der Waals surface area contributed by atoms with E-state index in [1.165, 1.54) is 25.3 Å². The van der Waals surface area contributed by atoms with E-state index >= 15 is 0 Å². The molecule has 2 aromatic rings. The van der Waals surface area contributed by atoms with Crippen LogP contribution in [0.3, 0.4) is 0 Å². The molecular formula is C10H7F3N2O2S. The summed E-state index contributed by atoms with van der Waals surface area (Å²) in [5.74, 6) is -1.57. The van der Waals surface area contributed by atoms with Crippen molar-refractivity contribution < 1.29 is 22.7 Å². The topological polar surface area (TPSA) is 47.0 Å². The Balaban J connectivity index is 2.69. The minimum absolute atomic E-state index is 0.0584. The Labute approximate surface area is 104 Å². The smallest absolute Gasteiger partial charge is 0.472 e. The van der Waals surface area contributed by atoms with Crippen LogP contribution < -0.4 is 4.74 Å². The second kappa shape index (κ2) is 4.13. The SMILES string of the molecule is COc1ccc2c(c1)[nH]c(=S)n2C(=O)C(F)(F)F. The van der Waals surface area contributed by atoms with Crippen LogP contribution in [0, 0.1) is 4.77 Å². The fraction of sp³-hybridized carbons (Fsp3) is 0.200. The molecule has 96 valence electrons. The standard InChI is InChI=1S/C10H7F3N2O2S/c1-17-5-2-3-7-6(4-5)14-9(18)15(7)8(16)10(11,12)13/h2-4H,1H3,(H,14,18). The van der Waals surface area contributed by atoms with Gasteiger partial charge in [0, 0.05) is 6.07 Å². The maximum absolute atomic E-state index is 12.4. The number of nitrogens with zero attached hydrogens (tertiary/aromatic N) is 1. The summed E-state index contributed by atoms with van der Waals surface area (Å²) >= 11 is 4.72. The van der Waals surface area contributed by atoms with Crippen molar-refractivity contribution in [3.05, 3.63) is 23.0 Å². The van der Waals surface area contributed by atoms with Crippen molar-refractivity contribution >= 4 is 29.2 Å². The maximum Gasteiger partial charge on any atom is 0.472 e. The number of halogens is 3. The summed E-state index contributed by atoms with van der Waals surface area (Å²) in [6.07, 6.45) is -4.98. The quantitative estimate of drug-likeness (QED) is 0.815. The van der Waals surface area contributed by atoms with E-state index in [1.807, 2.05) is 0 Å². The number of alkyl halides is 3. The zero-order valence-electron chi connectivity index (χ0n) is 9.04. The number of carbonyl (C=O) groups excluding carboxylic acids is 1. The lowest BCUT2D eigenvalue weighted by Crippen LogP contribution is -2.29. The first-order chi connectivity index (χ1) is 8.34. The predicted octanol–water partition coefficient (Wildman–Crippen LogP) is 2.91. The zero-order valence-corrected chi connectivity index (χ0v) is 9.85. The van der Waals surface area contributed by atoms with Gasteiger partial charge in [0.2, 0.25) is 0 Å². The molecule has 0 fully saturated rings. The van der Waals surface area contributed by atoms with E-state index in [2.05, 4.69) is 4.98 Å². The number of aromatic nitrogens is 2. The van der Waals surface area contributed by atoms with Crippen molar-refractivity contribution in [2.45, 2.75) is 6.18 Å². The molecule has 0 atom stereocenters. The molecule has 0 saturated carbocycles. The Hall–Kier alpha value is -1.83. The van der Waals surface area contributed by atoms with E-state index in [4.69, 9.17) is 17.0 Å². The summed E-state index contributed by atoms with van der Waals surface area (Å²) in [4.78, 5) is 13.8. The number of ether oxygens (including phenoxy) is 1. The molecule has 1 heterocycles. The Bertz CT molecular complexity index is 672. The molecule has 0 aliphatic carbocycles. The van der Waals surface area contributed by atoms with Gasteiger partial charge in [0.05, 0.1) is 18.1 Å². The normalized spacial score (nSPS) is 11.8. The first-order valence-electron chi connectivity index (χ1n) is 4.75. The number of methoxy groups -OCH3 is 1. The second-order valence-electron chi connectivity index (χ2n) is 3.45. The highest BCUT2D eigenvalue weighted by Gasteiger charge is 2.41. The van der Waals surface area contributed by atoms with Gasteiger partial charge < -0.3 is 9.72 Å². The van der Waals surface area contributed by atoms with Crippen LogP contribution in [0.25, 0.3) is 11.0 Å². The minimum Gasteiger partial charge on any atom is -0.497 e. The van der Waals surface area contributed by atoms with Crippen molar-refractivity contribution in [2.24, 2.45) is 0 Å². The number of rotatable bonds is 1. The fourth-order valence-corrected chi connectivity index (χ4v) is 1.84. The van der Waals surface area contributed by atoms with Gasteiger partial charge in [-0.2, -0.15) is 13.2 Å². The molecule has 1 aromatic carbocycles.